The fourth-order valence-corrected chi connectivity index (χ4v) is 8.27. The van der Waals surface area contributed by atoms with Crippen LogP contribution < -0.4 is 0 Å². The molecule has 11 nitrogen and oxygen atoms in total. The van der Waals surface area contributed by atoms with Crippen LogP contribution in [0.1, 0.15) is 27.7 Å². The number of carbonyl (C=O) groups is 3. The van der Waals surface area contributed by atoms with Crippen molar-refractivity contribution in [2.45, 2.75) is 75.7 Å². The van der Waals surface area contributed by atoms with Crippen molar-refractivity contribution in [1.82, 2.24) is 0 Å². The number of fused-ring (bicyclic) bond motifs is 1. The fourth-order valence-electron chi connectivity index (χ4n) is 8.27. The van der Waals surface area contributed by atoms with Gasteiger partial charge in [0.05, 0.1) is 22.9 Å². The summed E-state index contributed by atoms with van der Waals surface area (Å²) in [6.07, 6.45) is -9.69. The van der Waals surface area contributed by atoms with Gasteiger partial charge in [0.1, 0.15) is 12.2 Å². The Labute approximate surface area is 176 Å². The van der Waals surface area contributed by atoms with Crippen LogP contribution in [0.15, 0.2) is 0 Å². The molecule has 6 aliphatic rings. The molecule has 6 fully saturated rings. The minimum atomic E-state index is -2.40. The summed E-state index contributed by atoms with van der Waals surface area (Å²) in [6, 6.07) is 0. The quantitative estimate of drug-likeness (QED) is 0.234. The third-order valence-electron chi connectivity index (χ3n) is 8.95. The van der Waals surface area contributed by atoms with Gasteiger partial charge in [-0.25, -0.2) is 9.59 Å². The van der Waals surface area contributed by atoms with Crippen molar-refractivity contribution in [2.75, 3.05) is 0 Å². The molecule has 12 atom stereocenters. The molecule has 11 heteroatoms. The van der Waals surface area contributed by atoms with E-state index in [2.05, 4.69) is 0 Å². The second-order valence-electron chi connectivity index (χ2n) is 10.8. The minimum Gasteiger partial charge on any atom is -0.456 e. The van der Waals surface area contributed by atoms with E-state index in [1.165, 1.54) is 6.92 Å². The molecule has 1 unspecified atom stereocenters. The molecule has 0 aromatic heterocycles. The first-order valence-corrected chi connectivity index (χ1v) is 10.3. The molecule has 0 amide bonds. The van der Waals surface area contributed by atoms with Gasteiger partial charge >= 0.3 is 17.9 Å². The number of hydrogen-bond acceptors (Lipinski definition) is 11. The standard InChI is InChI=1S/C20H24O11/c1-5-12(24)28-11-8(22)18-10-6(21)7(16(2,3)4)17(18)9(23)13(25)30-15(17)31-20(18,14(26)29-10)19(5,11)27/h5-11,15,21-23,27H,1-4H3/t5-,6?,7+,8-,9+,10-,11+,15+,17+,18-,19-,20-/m1/s1. The van der Waals surface area contributed by atoms with Gasteiger partial charge in [-0.3, -0.25) is 4.79 Å². The van der Waals surface area contributed by atoms with E-state index in [-0.39, 0.29) is 0 Å². The number of esters is 3. The first kappa shape index (κ1) is 19.9. The van der Waals surface area contributed by atoms with E-state index in [1.54, 1.807) is 20.8 Å². The van der Waals surface area contributed by atoms with Gasteiger partial charge in [0.25, 0.3) is 0 Å². The van der Waals surface area contributed by atoms with E-state index < -0.39 is 94.0 Å². The van der Waals surface area contributed by atoms with E-state index in [1.807, 2.05) is 0 Å². The highest BCUT2D eigenvalue weighted by Gasteiger charge is 3.05. The van der Waals surface area contributed by atoms with Crippen molar-refractivity contribution in [2.24, 2.45) is 28.1 Å². The van der Waals surface area contributed by atoms with Crippen LogP contribution in [0.3, 0.4) is 0 Å². The summed E-state index contributed by atoms with van der Waals surface area (Å²) in [5.74, 6) is -5.22. The molecule has 170 valence electrons. The Bertz CT molecular complexity index is 957. The van der Waals surface area contributed by atoms with Gasteiger partial charge in [-0.05, 0) is 12.3 Å². The molecular weight excluding hydrogens is 416 g/mol. The molecule has 31 heavy (non-hydrogen) atoms. The summed E-state index contributed by atoms with van der Waals surface area (Å²) in [5, 5.41) is 46.1. The molecule has 4 saturated heterocycles. The number of rotatable bonds is 0. The smallest absolute Gasteiger partial charge is 0.343 e. The summed E-state index contributed by atoms with van der Waals surface area (Å²) < 4.78 is 22.2. The second kappa shape index (κ2) is 4.91. The van der Waals surface area contributed by atoms with E-state index >= 15 is 0 Å². The van der Waals surface area contributed by atoms with Crippen LogP contribution in [0.4, 0.5) is 0 Å². The third kappa shape index (κ3) is 1.43. The number of hydrogen-bond donors (Lipinski definition) is 4. The highest BCUT2D eigenvalue weighted by Crippen LogP contribution is 2.84. The molecule has 0 bridgehead atoms. The molecule has 2 saturated carbocycles. The highest BCUT2D eigenvalue weighted by atomic mass is 16.8. The van der Waals surface area contributed by atoms with Crippen LogP contribution in [0.2, 0.25) is 0 Å². The summed E-state index contributed by atoms with van der Waals surface area (Å²) in [5.41, 5.74) is -9.40. The number of aliphatic hydroxyl groups excluding tert-OH is 3. The Balaban J connectivity index is 1.75. The predicted octanol–water partition coefficient (Wildman–Crippen LogP) is -2.40. The lowest BCUT2D eigenvalue weighted by Gasteiger charge is -2.47. The summed E-state index contributed by atoms with van der Waals surface area (Å²) >= 11 is 0. The summed E-state index contributed by atoms with van der Waals surface area (Å²) in [4.78, 5) is 38.3. The first-order valence-electron chi connectivity index (χ1n) is 10.3. The van der Waals surface area contributed by atoms with Crippen molar-refractivity contribution in [3.8, 4) is 0 Å². The summed E-state index contributed by atoms with van der Waals surface area (Å²) in [7, 11) is 0. The van der Waals surface area contributed by atoms with E-state index in [0.717, 1.165) is 0 Å². The lowest BCUT2D eigenvalue weighted by Crippen LogP contribution is -2.67. The van der Waals surface area contributed by atoms with Gasteiger partial charge in [-0.1, -0.05) is 20.8 Å². The Morgan fingerprint density at radius 1 is 0.935 bits per heavy atom. The molecule has 4 aliphatic heterocycles. The monoisotopic (exact) mass is 440 g/mol. The molecule has 2 spiro atoms. The van der Waals surface area contributed by atoms with E-state index in [4.69, 9.17) is 18.9 Å². The SMILES string of the molecule is C[C@@H]1C(=O)O[C@H]2[C@@H](O)[C@]34[C@@H]5OC(=O)[C@]3(O[C@@H]3OC(=O)[C@H](O)[C@@]34[C@H](C(C)(C)C)C5O)[C@@]12O. The van der Waals surface area contributed by atoms with Crippen molar-refractivity contribution in [1.29, 1.82) is 0 Å². The first-order chi connectivity index (χ1) is 14.3. The minimum absolute atomic E-state index is 0.792. The number of carbonyl (C=O) groups excluding carboxylic acids is 3. The normalized spacial score (nSPS) is 61.0. The maximum Gasteiger partial charge on any atom is 0.343 e. The molecule has 4 heterocycles. The number of aliphatic hydroxyl groups is 4. The zero-order valence-electron chi connectivity index (χ0n) is 17.3. The number of ether oxygens (including phenoxy) is 4. The molecule has 4 N–H and O–H groups in total. The van der Waals surface area contributed by atoms with Gasteiger partial charge in [0, 0.05) is 5.92 Å². The average Bonchev–Trinajstić information content (AvgIpc) is 3.35. The van der Waals surface area contributed by atoms with Gasteiger partial charge in [-0.15, -0.1) is 0 Å². The maximum absolute atomic E-state index is 13.4. The second-order valence-corrected chi connectivity index (χ2v) is 10.8. The zero-order valence-corrected chi connectivity index (χ0v) is 17.3. The van der Waals surface area contributed by atoms with Gasteiger partial charge in [0.15, 0.2) is 17.8 Å². The van der Waals surface area contributed by atoms with Crippen molar-refractivity contribution in [3.63, 3.8) is 0 Å². The topological polar surface area (TPSA) is 169 Å². The van der Waals surface area contributed by atoms with Crippen LogP contribution in [0, 0.1) is 28.1 Å². The van der Waals surface area contributed by atoms with Crippen LogP contribution in [-0.4, -0.2) is 86.3 Å². The molecule has 0 aromatic carbocycles. The third-order valence-corrected chi connectivity index (χ3v) is 8.95. The average molecular weight is 440 g/mol. The van der Waals surface area contributed by atoms with Crippen LogP contribution in [0.5, 0.6) is 0 Å². The molecule has 2 aliphatic carbocycles. The molecule has 0 radical (unpaired) electrons. The van der Waals surface area contributed by atoms with E-state index in [9.17, 15) is 34.8 Å². The van der Waals surface area contributed by atoms with Gasteiger partial charge < -0.3 is 39.4 Å². The molecule has 6 rings (SSSR count). The fraction of sp³-hybridized carbons (Fsp3) is 0.850. The Hall–Kier alpha value is -1.79. The predicted molar refractivity (Wildman–Crippen MR) is 93.4 cm³/mol. The molecule has 0 aromatic rings. The van der Waals surface area contributed by atoms with Gasteiger partial charge in [-0.2, -0.15) is 0 Å². The Morgan fingerprint density at radius 2 is 1.58 bits per heavy atom. The lowest BCUT2D eigenvalue weighted by molar-refractivity contribution is -0.240. The molecular formula is C20H24O11. The van der Waals surface area contributed by atoms with Crippen LogP contribution >= 0.6 is 0 Å². The largest absolute Gasteiger partial charge is 0.456 e. The van der Waals surface area contributed by atoms with Gasteiger partial charge in [0.2, 0.25) is 11.9 Å². The highest BCUT2D eigenvalue weighted by molar-refractivity contribution is 5.94. The van der Waals surface area contributed by atoms with Crippen molar-refractivity contribution >= 4 is 17.9 Å². The van der Waals surface area contributed by atoms with Crippen LogP contribution in [-0.2, 0) is 33.3 Å². The van der Waals surface area contributed by atoms with Crippen molar-refractivity contribution < 1.29 is 53.8 Å². The van der Waals surface area contributed by atoms with Crippen molar-refractivity contribution in [3.05, 3.63) is 0 Å². The summed E-state index contributed by atoms with van der Waals surface area (Å²) in [6.45, 7) is 6.63. The van der Waals surface area contributed by atoms with Crippen LogP contribution in [0.25, 0.3) is 0 Å². The Morgan fingerprint density at radius 3 is 2.19 bits per heavy atom. The van der Waals surface area contributed by atoms with E-state index in [0.29, 0.717) is 0 Å². The Kier molecular flexibility index (Phi) is 3.15. The zero-order chi connectivity index (χ0) is 22.7. The lowest BCUT2D eigenvalue weighted by atomic mass is 9.51. The maximum atomic E-state index is 13.4.